The Bertz CT molecular complexity index is 156. The van der Waals surface area contributed by atoms with Crippen LogP contribution in [0.4, 0.5) is 0 Å². The van der Waals surface area contributed by atoms with Crippen LogP contribution in [0.3, 0.4) is 0 Å². The highest BCUT2D eigenvalue weighted by Gasteiger charge is 2.03. The van der Waals surface area contributed by atoms with Gasteiger partial charge in [-0.3, -0.25) is 14.9 Å². The number of carbonyl (C=O) groups excluding carboxylic acids is 1. The summed E-state index contributed by atoms with van der Waals surface area (Å²) < 4.78 is 0. The molecule has 0 bridgehead atoms. The third-order valence-corrected chi connectivity index (χ3v) is 1.05. The zero-order valence-electron chi connectivity index (χ0n) is 6.63. The number of carboxylic acid groups (broad SMARTS) is 1. The summed E-state index contributed by atoms with van der Waals surface area (Å²) in [4.78, 5) is 22.2. The molecule has 0 aromatic rings. The number of nitrogens with zero attached hydrogens (tertiary/aromatic N) is 1. The van der Waals surface area contributed by atoms with Gasteiger partial charge < -0.3 is 10.0 Å². The number of hydrogen-bond donors (Lipinski definition) is 2. The summed E-state index contributed by atoms with van der Waals surface area (Å²) >= 11 is 0. The predicted molar refractivity (Wildman–Crippen MR) is 39.2 cm³/mol. The van der Waals surface area contributed by atoms with E-state index in [4.69, 9.17) is 5.11 Å². The molecule has 0 unspecified atom stereocenters. The van der Waals surface area contributed by atoms with Crippen LogP contribution in [-0.2, 0) is 9.59 Å². The van der Waals surface area contributed by atoms with Gasteiger partial charge in [-0.1, -0.05) is 0 Å². The lowest BCUT2D eigenvalue weighted by molar-refractivity contribution is -0.136. The molecule has 0 rings (SSSR count). The average Bonchev–Trinajstić information content (AvgIpc) is 1.86. The first kappa shape index (κ1) is 9.90. The molecule has 0 aliphatic rings. The number of likely N-dealkylation sites (N-methyl/N-ethyl adjacent to an activating group) is 1. The van der Waals surface area contributed by atoms with E-state index >= 15 is 0 Å². The largest absolute Gasteiger partial charge is 0.480 e. The van der Waals surface area contributed by atoms with Gasteiger partial charge >= 0.3 is 5.97 Å². The second kappa shape index (κ2) is 4.68. The molecule has 0 atom stereocenters. The Labute approximate surface area is 65.0 Å². The maximum Gasteiger partial charge on any atom is 0.317 e. The topological polar surface area (TPSA) is 69.6 Å². The smallest absolute Gasteiger partial charge is 0.317 e. The van der Waals surface area contributed by atoms with Gasteiger partial charge in [-0.15, -0.1) is 0 Å². The SMILES string of the molecule is CN(C)C(=O)CNCC(=O)O. The zero-order chi connectivity index (χ0) is 8.85. The van der Waals surface area contributed by atoms with Crippen LogP contribution in [0.1, 0.15) is 0 Å². The van der Waals surface area contributed by atoms with Gasteiger partial charge in [-0.25, -0.2) is 0 Å². The van der Waals surface area contributed by atoms with Gasteiger partial charge in [0.05, 0.1) is 13.1 Å². The van der Waals surface area contributed by atoms with Crippen LogP contribution in [0.15, 0.2) is 0 Å². The van der Waals surface area contributed by atoms with Gasteiger partial charge in [0.25, 0.3) is 0 Å². The monoisotopic (exact) mass is 160 g/mol. The molecule has 2 N–H and O–H groups in total. The molecule has 64 valence electrons. The van der Waals surface area contributed by atoms with Crippen LogP contribution >= 0.6 is 0 Å². The fourth-order valence-corrected chi connectivity index (χ4v) is 0.434. The van der Waals surface area contributed by atoms with E-state index in [-0.39, 0.29) is 19.0 Å². The average molecular weight is 160 g/mol. The maximum absolute atomic E-state index is 10.8. The van der Waals surface area contributed by atoms with Crippen molar-refractivity contribution < 1.29 is 14.7 Å². The molecule has 0 spiro atoms. The van der Waals surface area contributed by atoms with E-state index in [0.717, 1.165) is 0 Å². The molecular weight excluding hydrogens is 148 g/mol. The van der Waals surface area contributed by atoms with Crippen LogP contribution in [0.2, 0.25) is 0 Å². The Balaban J connectivity index is 3.39. The van der Waals surface area contributed by atoms with Crippen LogP contribution in [-0.4, -0.2) is 49.1 Å². The molecule has 0 aromatic heterocycles. The standard InChI is InChI=1S/C6H12N2O3/c1-8(2)5(9)3-7-4-6(10)11/h7H,3-4H2,1-2H3,(H,10,11). The number of amides is 1. The van der Waals surface area contributed by atoms with Crippen molar-refractivity contribution in [1.29, 1.82) is 0 Å². The van der Waals surface area contributed by atoms with Crippen LogP contribution < -0.4 is 5.32 Å². The second-order valence-corrected chi connectivity index (χ2v) is 2.29. The minimum atomic E-state index is -0.962. The van der Waals surface area contributed by atoms with Gasteiger partial charge in [0.1, 0.15) is 0 Å². The first-order chi connectivity index (χ1) is 5.04. The highest BCUT2D eigenvalue weighted by atomic mass is 16.4. The number of nitrogens with one attached hydrogen (secondary N) is 1. The van der Waals surface area contributed by atoms with Gasteiger partial charge in [-0.2, -0.15) is 0 Å². The fraction of sp³-hybridized carbons (Fsp3) is 0.667. The summed E-state index contributed by atoms with van der Waals surface area (Å²) in [5.74, 6) is -1.09. The first-order valence-corrected chi connectivity index (χ1v) is 3.16. The highest BCUT2D eigenvalue weighted by Crippen LogP contribution is 1.74. The fourth-order valence-electron chi connectivity index (χ4n) is 0.434. The summed E-state index contributed by atoms with van der Waals surface area (Å²) in [7, 11) is 3.23. The van der Waals surface area contributed by atoms with Crippen molar-refractivity contribution in [2.24, 2.45) is 0 Å². The Morgan fingerprint density at radius 1 is 1.36 bits per heavy atom. The zero-order valence-corrected chi connectivity index (χ0v) is 6.63. The van der Waals surface area contributed by atoms with Crippen molar-refractivity contribution in [3.63, 3.8) is 0 Å². The number of hydrogen-bond acceptors (Lipinski definition) is 3. The third kappa shape index (κ3) is 5.35. The van der Waals surface area contributed by atoms with Crippen LogP contribution in [0.25, 0.3) is 0 Å². The molecule has 0 fully saturated rings. The van der Waals surface area contributed by atoms with Gasteiger partial charge in [0.2, 0.25) is 5.91 Å². The lowest BCUT2D eigenvalue weighted by Gasteiger charge is -2.09. The molecule has 1 amide bonds. The van der Waals surface area contributed by atoms with Gasteiger partial charge in [0.15, 0.2) is 0 Å². The second-order valence-electron chi connectivity index (χ2n) is 2.29. The summed E-state index contributed by atoms with van der Waals surface area (Å²) in [6.45, 7) is -0.112. The van der Waals surface area contributed by atoms with Crippen molar-refractivity contribution in [1.82, 2.24) is 10.2 Å². The van der Waals surface area contributed by atoms with E-state index in [0.29, 0.717) is 0 Å². The summed E-state index contributed by atoms with van der Waals surface area (Å²) in [6, 6.07) is 0. The van der Waals surface area contributed by atoms with E-state index < -0.39 is 5.97 Å². The van der Waals surface area contributed by atoms with E-state index in [9.17, 15) is 9.59 Å². The number of aliphatic carboxylic acids is 1. The molecule has 0 radical (unpaired) electrons. The highest BCUT2D eigenvalue weighted by molar-refractivity contribution is 5.78. The Morgan fingerprint density at radius 2 is 1.91 bits per heavy atom. The Hall–Kier alpha value is -1.10. The molecule has 5 nitrogen and oxygen atoms in total. The third-order valence-electron chi connectivity index (χ3n) is 1.05. The van der Waals surface area contributed by atoms with E-state index in [1.165, 1.54) is 4.90 Å². The Morgan fingerprint density at radius 3 is 2.27 bits per heavy atom. The molecular formula is C6H12N2O3. The van der Waals surface area contributed by atoms with Crippen LogP contribution in [0.5, 0.6) is 0 Å². The molecule has 0 heterocycles. The summed E-state index contributed by atoms with van der Waals surface area (Å²) in [5.41, 5.74) is 0. The quantitative estimate of drug-likeness (QED) is 0.539. The van der Waals surface area contributed by atoms with Crippen LogP contribution in [0, 0.1) is 0 Å². The minimum absolute atomic E-state index is 0.0687. The molecule has 5 heteroatoms. The van der Waals surface area contributed by atoms with E-state index in [2.05, 4.69) is 5.32 Å². The van der Waals surface area contributed by atoms with Gasteiger partial charge in [-0.05, 0) is 0 Å². The van der Waals surface area contributed by atoms with Crippen molar-refractivity contribution >= 4 is 11.9 Å². The molecule has 0 aliphatic carbocycles. The molecule has 0 saturated carbocycles. The summed E-state index contributed by atoms with van der Waals surface area (Å²) in [6.07, 6.45) is 0. The number of carboxylic acids is 1. The van der Waals surface area contributed by atoms with Crippen molar-refractivity contribution in [2.45, 2.75) is 0 Å². The minimum Gasteiger partial charge on any atom is -0.480 e. The predicted octanol–water partition coefficient (Wildman–Crippen LogP) is -1.25. The lowest BCUT2D eigenvalue weighted by Crippen LogP contribution is -2.35. The normalized spacial score (nSPS) is 9.27. The number of carbonyl (C=O) groups is 2. The van der Waals surface area contributed by atoms with Gasteiger partial charge in [0, 0.05) is 14.1 Å². The van der Waals surface area contributed by atoms with E-state index in [1.54, 1.807) is 14.1 Å². The lowest BCUT2D eigenvalue weighted by atomic mass is 10.5. The maximum atomic E-state index is 10.8. The number of rotatable bonds is 4. The summed E-state index contributed by atoms with van der Waals surface area (Å²) in [5, 5.41) is 10.7. The van der Waals surface area contributed by atoms with E-state index in [1.807, 2.05) is 0 Å². The van der Waals surface area contributed by atoms with Crippen molar-refractivity contribution in [3.05, 3.63) is 0 Å². The first-order valence-electron chi connectivity index (χ1n) is 3.16. The molecule has 0 aliphatic heterocycles. The van der Waals surface area contributed by atoms with Crippen molar-refractivity contribution in [3.8, 4) is 0 Å². The molecule has 0 aromatic carbocycles. The van der Waals surface area contributed by atoms with Crippen molar-refractivity contribution in [2.75, 3.05) is 27.2 Å². The molecule has 0 saturated heterocycles. The Kier molecular flexibility index (Phi) is 4.21. The molecule has 11 heavy (non-hydrogen) atoms.